The van der Waals surface area contributed by atoms with Gasteiger partial charge in [0.15, 0.2) is 5.75 Å². The Labute approximate surface area is 104 Å². The fraction of sp³-hybridized carbons (Fsp3) is 0.769. The van der Waals surface area contributed by atoms with Gasteiger partial charge in [0.05, 0.1) is 5.69 Å². The Morgan fingerprint density at radius 2 is 2.06 bits per heavy atom. The standard InChI is InChI=1S/C13H25N3O/c1-6-8-14-9-12(7-2)17-13-10(3)15-16(5)11(13)4/h12,14H,6-9H2,1-5H3. The first kappa shape index (κ1) is 14.0. The number of aryl methyl sites for hydroxylation is 2. The predicted molar refractivity (Wildman–Crippen MR) is 70.5 cm³/mol. The normalized spacial score (nSPS) is 12.8. The van der Waals surface area contributed by atoms with Crippen molar-refractivity contribution in [3.05, 3.63) is 11.4 Å². The van der Waals surface area contributed by atoms with E-state index in [1.165, 1.54) is 0 Å². The summed E-state index contributed by atoms with van der Waals surface area (Å²) in [5, 5.41) is 7.77. The maximum Gasteiger partial charge on any atom is 0.163 e. The van der Waals surface area contributed by atoms with Crippen LogP contribution in [0.5, 0.6) is 5.75 Å². The van der Waals surface area contributed by atoms with Gasteiger partial charge in [-0.2, -0.15) is 5.10 Å². The third kappa shape index (κ3) is 3.73. The van der Waals surface area contributed by atoms with E-state index in [0.717, 1.165) is 43.1 Å². The summed E-state index contributed by atoms with van der Waals surface area (Å²) >= 11 is 0. The summed E-state index contributed by atoms with van der Waals surface area (Å²) in [5.74, 6) is 0.942. The van der Waals surface area contributed by atoms with Crippen molar-refractivity contribution in [1.82, 2.24) is 15.1 Å². The van der Waals surface area contributed by atoms with Crippen LogP contribution >= 0.6 is 0 Å². The number of hydrogen-bond acceptors (Lipinski definition) is 3. The van der Waals surface area contributed by atoms with Crippen molar-refractivity contribution in [3.63, 3.8) is 0 Å². The second-order valence-corrected chi connectivity index (χ2v) is 4.48. The van der Waals surface area contributed by atoms with Gasteiger partial charge in [-0.25, -0.2) is 0 Å². The molecule has 1 aromatic rings. The highest BCUT2D eigenvalue weighted by Gasteiger charge is 2.15. The van der Waals surface area contributed by atoms with Gasteiger partial charge in [-0.1, -0.05) is 13.8 Å². The van der Waals surface area contributed by atoms with E-state index >= 15 is 0 Å². The summed E-state index contributed by atoms with van der Waals surface area (Å²) in [6, 6.07) is 0. The number of hydrogen-bond donors (Lipinski definition) is 1. The number of rotatable bonds is 7. The fourth-order valence-electron chi connectivity index (χ4n) is 1.80. The lowest BCUT2D eigenvalue weighted by Crippen LogP contribution is -2.31. The summed E-state index contributed by atoms with van der Waals surface area (Å²) in [4.78, 5) is 0. The van der Waals surface area contributed by atoms with Gasteiger partial charge in [0.2, 0.25) is 0 Å². The minimum Gasteiger partial charge on any atom is -0.485 e. The highest BCUT2D eigenvalue weighted by molar-refractivity contribution is 5.31. The van der Waals surface area contributed by atoms with Crippen LogP contribution in [0.25, 0.3) is 0 Å². The molecule has 1 N–H and O–H groups in total. The molecule has 0 saturated carbocycles. The predicted octanol–water partition coefficient (Wildman–Crippen LogP) is 2.19. The molecule has 0 bridgehead atoms. The molecule has 17 heavy (non-hydrogen) atoms. The van der Waals surface area contributed by atoms with Crippen molar-refractivity contribution in [1.29, 1.82) is 0 Å². The molecule has 0 aliphatic rings. The van der Waals surface area contributed by atoms with Crippen LogP contribution in [0.1, 0.15) is 38.1 Å². The Morgan fingerprint density at radius 3 is 2.53 bits per heavy atom. The molecule has 0 saturated heterocycles. The summed E-state index contributed by atoms with van der Waals surface area (Å²) in [6.07, 6.45) is 2.38. The maximum absolute atomic E-state index is 6.05. The molecule has 0 aliphatic heterocycles. The van der Waals surface area contributed by atoms with Crippen LogP contribution in [0.4, 0.5) is 0 Å². The number of nitrogens with zero attached hydrogens (tertiary/aromatic N) is 2. The first-order valence-electron chi connectivity index (χ1n) is 6.47. The number of ether oxygens (including phenoxy) is 1. The Morgan fingerprint density at radius 1 is 1.35 bits per heavy atom. The van der Waals surface area contributed by atoms with Gasteiger partial charge < -0.3 is 10.1 Å². The molecule has 0 spiro atoms. The van der Waals surface area contributed by atoms with Gasteiger partial charge in [0.25, 0.3) is 0 Å². The Hall–Kier alpha value is -1.03. The van der Waals surface area contributed by atoms with Crippen molar-refractivity contribution in [2.24, 2.45) is 7.05 Å². The first-order valence-corrected chi connectivity index (χ1v) is 6.47. The van der Waals surface area contributed by atoms with Gasteiger partial charge in [-0.15, -0.1) is 0 Å². The number of nitrogens with one attached hydrogen (secondary N) is 1. The zero-order chi connectivity index (χ0) is 12.8. The Balaban J connectivity index is 2.60. The molecule has 1 atom stereocenters. The van der Waals surface area contributed by atoms with E-state index in [1.807, 2.05) is 25.6 Å². The van der Waals surface area contributed by atoms with Gasteiger partial charge in [0, 0.05) is 13.6 Å². The minimum atomic E-state index is 0.225. The molecular formula is C13H25N3O. The monoisotopic (exact) mass is 239 g/mol. The van der Waals surface area contributed by atoms with E-state index < -0.39 is 0 Å². The van der Waals surface area contributed by atoms with Crippen LogP contribution in [0, 0.1) is 13.8 Å². The van der Waals surface area contributed by atoms with E-state index in [0.29, 0.717) is 0 Å². The molecule has 1 heterocycles. The zero-order valence-corrected chi connectivity index (χ0v) is 11.7. The van der Waals surface area contributed by atoms with Crippen molar-refractivity contribution in [2.45, 2.75) is 46.6 Å². The van der Waals surface area contributed by atoms with Crippen LogP contribution < -0.4 is 10.1 Å². The second-order valence-electron chi connectivity index (χ2n) is 4.48. The van der Waals surface area contributed by atoms with Crippen molar-refractivity contribution in [3.8, 4) is 5.75 Å². The molecule has 0 radical (unpaired) electrons. The molecular weight excluding hydrogens is 214 g/mol. The average Bonchev–Trinajstić information content (AvgIpc) is 2.54. The minimum absolute atomic E-state index is 0.225. The van der Waals surface area contributed by atoms with E-state index in [1.54, 1.807) is 0 Å². The summed E-state index contributed by atoms with van der Waals surface area (Å²) in [7, 11) is 1.95. The molecule has 0 amide bonds. The van der Waals surface area contributed by atoms with Gasteiger partial charge >= 0.3 is 0 Å². The highest BCUT2D eigenvalue weighted by Crippen LogP contribution is 2.23. The van der Waals surface area contributed by atoms with Crippen molar-refractivity contribution < 1.29 is 4.74 Å². The van der Waals surface area contributed by atoms with E-state index in [9.17, 15) is 0 Å². The third-order valence-electron chi connectivity index (χ3n) is 2.98. The highest BCUT2D eigenvalue weighted by atomic mass is 16.5. The van der Waals surface area contributed by atoms with Crippen LogP contribution in [0.15, 0.2) is 0 Å². The molecule has 1 rings (SSSR count). The lowest BCUT2D eigenvalue weighted by Gasteiger charge is -2.18. The van der Waals surface area contributed by atoms with Crippen LogP contribution in [-0.2, 0) is 7.05 Å². The van der Waals surface area contributed by atoms with E-state index in [4.69, 9.17) is 4.74 Å². The van der Waals surface area contributed by atoms with Gasteiger partial charge in [-0.3, -0.25) is 4.68 Å². The molecule has 98 valence electrons. The number of aromatic nitrogens is 2. The van der Waals surface area contributed by atoms with Crippen molar-refractivity contribution in [2.75, 3.05) is 13.1 Å². The molecule has 0 fully saturated rings. The quantitative estimate of drug-likeness (QED) is 0.741. The summed E-state index contributed by atoms with van der Waals surface area (Å²) < 4.78 is 7.92. The first-order chi connectivity index (χ1) is 8.10. The largest absolute Gasteiger partial charge is 0.485 e. The van der Waals surface area contributed by atoms with Crippen molar-refractivity contribution >= 4 is 0 Å². The van der Waals surface area contributed by atoms with Crippen LogP contribution in [-0.4, -0.2) is 29.0 Å². The van der Waals surface area contributed by atoms with Gasteiger partial charge in [-0.05, 0) is 33.2 Å². The average molecular weight is 239 g/mol. The van der Waals surface area contributed by atoms with Crippen LogP contribution in [0.2, 0.25) is 0 Å². The molecule has 0 aliphatic carbocycles. The summed E-state index contributed by atoms with van der Waals surface area (Å²) in [6.45, 7) is 10.3. The van der Waals surface area contributed by atoms with E-state index in [2.05, 4.69) is 24.3 Å². The third-order valence-corrected chi connectivity index (χ3v) is 2.98. The zero-order valence-electron chi connectivity index (χ0n) is 11.7. The molecule has 4 nitrogen and oxygen atoms in total. The van der Waals surface area contributed by atoms with E-state index in [-0.39, 0.29) is 6.10 Å². The Bertz CT molecular complexity index is 347. The second kappa shape index (κ2) is 6.64. The maximum atomic E-state index is 6.05. The Kier molecular flexibility index (Phi) is 5.48. The smallest absolute Gasteiger partial charge is 0.163 e. The van der Waals surface area contributed by atoms with Crippen LogP contribution in [0.3, 0.4) is 0 Å². The molecule has 0 aromatic carbocycles. The molecule has 4 heteroatoms. The fourth-order valence-corrected chi connectivity index (χ4v) is 1.80. The molecule has 1 aromatic heterocycles. The SMILES string of the molecule is CCCNCC(CC)Oc1c(C)nn(C)c1C. The summed E-state index contributed by atoms with van der Waals surface area (Å²) in [5.41, 5.74) is 2.07. The van der Waals surface area contributed by atoms with Gasteiger partial charge in [0.1, 0.15) is 11.8 Å². The lowest BCUT2D eigenvalue weighted by atomic mass is 10.2. The lowest BCUT2D eigenvalue weighted by molar-refractivity contribution is 0.191. The topological polar surface area (TPSA) is 39.1 Å². The molecule has 1 unspecified atom stereocenters.